The van der Waals surface area contributed by atoms with Crippen molar-refractivity contribution in [1.82, 2.24) is 25.3 Å². The molecule has 29 heavy (non-hydrogen) atoms. The van der Waals surface area contributed by atoms with Crippen molar-refractivity contribution < 1.29 is 9.72 Å². The smallest absolute Gasteiger partial charge is 0.314 e. The van der Waals surface area contributed by atoms with Gasteiger partial charge >= 0.3 is 5.69 Å². The van der Waals surface area contributed by atoms with Gasteiger partial charge in [0.15, 0.2) is 5.82 Å². The van der Waals surface area contributed by atoms with Crippen molar-refractivity contribution >= 4 is 23.1 Å². The zero-order valence-electron chi connectivity index (χ0n) is 15.9. The molecule has 0 radical (unpaired) electrons. The Morgan fingerprint density at radius 2 is 2.03 bits per heavy atom. The number of carbonyl (C=O) groups excluding carboxylic acids is 1. The largest absolute Gasteiger partial charge is 0.350 e. The van der Waals surface area contributed by atoms with Crippen LogP contribution in [-0.4, -0.2) is 30.8 Å². The van der Waals surface area contributed by atoms with E-state index >= 15 is 0 Å². The SMILES string of the molecule is CC(=O)NC1CCc2cc(Nc3nc(-n4nccn4)cc(C)c3[N+](=O)[O-])ccc21. The highest BCUT2D eigenvalue weighted by atomic mass is 16.6. The average molecular weight is 393 g/mol. The van der Waals surface area contributed by atoms with E-state index in [0.717, 1.165) is 24.0 Å². The van der Waals surface area contributed by atoms with E-state index < -0.39 is 4.92 Å². The summed E-state index contributed by atoms with van der Waals surface area (Å²) in [6.07, 6.45) is 4.67. The number of hydrogen-bond donors (Lipinski definition) is 2. The van der Waals surface area contributed by atoms with Crippen molar-refractivity contribution in [3.05, 3.63) is 63.5 Å². The molecule has 10 nitrogen and oxygen atoms in total. The topological polar surface area (TPSA) is 128 Å². The van der Waals surface area contributed by atoms with Crippen LogP contribution < -0.4 is 10.6 Å². The van der Waals surface area contributed by atoms with Crippen molar-refractivity contribution in [1.29, 1.82) is 0 Å². The predicted molar refractivity (Wildman–Crippen MR) is 105 cm³/mol. The fourth-order valence-corrected chi connectivity index (χ4v) is 3.63. The molecule has 2 aromatic heterocycles. The first-order valence-electron chi connectivity index (χ1n) is 9.12. The molecule has 1 atom stereocenters. The monoisotopic (exact) mass is 393 g/mol. The van der Waals surface area contributed by atoms with Gasteiger partial charge in [-0.15, -0.1) is 4.80 Å². The quantitative estimate of drug-likeness (QED) is 0.504. The van der Waals surface area contributed by atoms with Crippen LogP contribution in [0.2, 0.25) is 0 Å². The van der Waals surface area contributed by atoms with Crippen LogP contribution in [0.15, 0.2) is 36.7 Å². The number of fused-ring (bicyclic) bond motifs is 1. The Morgan fingerprint density at radius 1 is 1.28 bits per heavy atom. The highest BCUT2D eigenvalue weighted by Crippen LogP contribution is 2.35. The number of nitrogens with one attached hydrogen (secondary N) is 2. The minimum atomic E-state index is -0.453. The summed E-state index contributed by atoms with van der Waals surface area (Å²) in [6, 6.07) is 7.28. The van der Waals surface area contributed by atoms with E-state index in [-0.39, 0.29) is 23.5 Å². The maximum atomic E-state index is 11.6. The number of pyridine rings is 1. The zero-order chi connectivity index (χ0) is 20.5. The molecular weight excluding hydrogens is 374 g/mol. The van der Waals surface area contributed by atoms with Crippen LogP contribution in [0.1, 0.15) is 36.1 Å². The van der Waals surface area contributed by atoms with E-state index in [1.54, 1.807) is 13.0 Å². The molecule has 2 N–H and O–H groups in total. The van der Waals surface area contributed by atoms with E-state index in [4.69, 9.17) is 0 Å². The average Bonchev–Trinajstić information content (AvgIpc) is 3.31. The highest BCUT2D eigenvalue weighted by Gasteiger charge is 2.25. The number of aryl methyl sites for hydroxylation is 2. The molecule has 0 bridgehead atoms. The Labute approximate surface area is 166 Å². The summed E-state index contributed by atoms with van der Waals surface area (Å²) in [5.41, 5.74) is 3.20. The molecule has 0 aliphatic heterocycles. The van der Waals surface area contributed by atoms with E-state index in [9.17, 15) is 14.9 Å². The summed E-state index contributed by atoms with van der Waals surface area (Å²) in [5.74, 6) is 0.440. The molecule has 0 spiro atoms. The van der Waals surface area contributed by atoms with Gasteiger partial charge in [-0.2, -0.15) is 10.2 Å². The lowest BCUT2D eigenvalue weighted by molar-refractivity contribution is -0.384. The minimum absolute atomic E-state index is 0.000438. The van der Waals surface area contributed by atoms with Crippen LogP contribution in [0.4, 0.5) is 17.2 Å². The van der Waals surface area contributed by atoms with E-state index in [0.29, 0.717) is 17.1 Å². The number of benzene rings is 1. The molecule has 4 rings (SSSR count). The number of hydrogen-bond acceptors (Lipinski definition) is 7. The minimum Gasteiger partial charge on any atom is -0.350 e. The number of nitro groups is 1. The molecule has 0 fully saturated rings. The van der Waals surface area contributed by atoms with Crippen LogP contribution in [0, 0.1) is 17.0 Å². The summed E-state index contributed by atoms with van der Waals surface area (Å²) in [7, 11) is 0. The Bertz CT molecular complexity index is 1100. The second kappa shape index (κ2) is 7.30. The second-order valence-electron chi connectivity index (χ2n) is 6.90. The van der Waals surface area contributed by atoms with Crippen molar-refractivity contribution in [3.63, 3.8) is 0 Å². The number of aromatic nitrogens is 4. The first-order valence-corrected chi connectivity index (χ1v) is 9.12. The Hall–Kier alpha value is -3.82. The Morgan fingerprint density at radius 3 is 2.72 bits per heavy atom. The van der Waals surface area contributed by atoms with E-state index in [1.165, 1.54) is 24.1 Å². The maximum Gasteiger partial charge on any atom is 0.314 e. The fourth-order valence-electron chi connectivity index (χ4n) is 3.63. The Kier molecular flexibility index (Phi) is 4.67. The van der Waals surface area contributed by atoms with Gasteiger partial charge in [0, 0.05) is 18.2 Å². The van der Waals surface area contributed by atoms with Gasteiger partial charge in [0.2, 0.25) is 11.7 Å². The third-order valence-electron chi connectivity index (χ3n) is 4.84. The zero-order valence-corrected chi connectivity index (χ0v) is 15.9. The van der Waals surface area contributed by atoms with Gasteiger partial charge in [-0.1, -0.05) is 6.07 Å². The summed E-state index contributed by atoms with van der Waals surface area (Å²) in [5, 5.41) is 25.7. The van der Waals surface area contributed by atoms with Crippen molar-refractivity contribution in [2.24, 2.45) is 0 Å². The molecule has 148 valence electrons. The molecule has 3 aromatic rings. The van der Waals surface area contributed by atoms with Crippen LogP contribution in [0.25, 0.3) is 5.82 Å². The molecule has 1 unspecified atom stereocenters. The lowest BCUT2D eigenvalue weighted by Crippen LogP contribution is -2.24. The van der Waals surface area contributed by atoms with E-state index in [2.05, 4.69) is 25.8 Å². The molecule has 1 amide bonds. The van der Waals surface area contributed by atoms with Crippen LogP contribution in [0.3, 0.4) is 0 Å². The van der Waals surface area contributed by atoms with Gasteiger partial charge in [0.05, 0.1) is 23.4 Å². The van der Waals surface area contributed by atoms with Crippen molar-refractivity contribution in [2.45, 2.75) is 32.7 Å². The number of carbonyl (C=O) groups is 1. The molecule has 0 saturated heterocycles. The van der Waals surface area contributed by atoms with Crippen molar-refractivity contribution in [2.75, 3.05) is 5.32 Å². The van der Waals surface area contributed by atoms with Crippen molar-refractivity contribution in [3.8, 4) is 5.82 Å². The molecule has 10 heteroatoms. The lowest BCUT2D eigenvalue weighted by Gasteiger charge is -2.14. The van der Waals surface area contributed by atoms with Crippen LogP contribution in [-0.2, 0) is 11.2 Å². The first-order chi connectivity index (χ1) is 13.9. The first kappa shape index (κ1) is 18.5. The molecule has 1 aromatic carbocycles. The van der Waals surface area contributed by atoms with Crippen LogP contribution >= 0.6 is 0 Å². The summed E-state index contributed by atoms with van der Waals surface area (Å²) >= 11 is 0. The van der Waals surface area contributed by atoms with Crippen LogP contribution in [0.5, 0.6) is 0 Å². The van der Waals surface area contributed by atoms with Gasteiger partial charge < -0.3 is 10.6 Å². The Balaban J connectivity index is 1.69. The van der Waals surface area contributed by atoms with Gasteiger partial charge in [0.25, 0.3) is 0 Å². The highest BCUT2D eigenvalue weighted by molar-refractivity contribution is 5.74. The lowest BCUT2D eigenvalue weighted by atomic mass is 10.1. The number of anilines is 2. The van der Waals surface area contributed by atoms with Gasteiger partial charge in [0.1, 0.15) is 0 Å². The third kappa shape index (κ3) is 3.64. The standard InChI is InChI=1S/C19H19N7O3/c1-11-9-17(25-20-7-8-21-25)24-19(18(11)26(28)29)23-14-4-5-15-13(10-14)3-6-16(15)22-12(2)27/h4-5,7-10,16H,3,6H2,1-2H3,(H,22,27)(H,23,24). The molecule has 0 saturated carbocycles. The molecule has 1 aliphatic rings. The summed E-state index contributed by atoms with van der Waals surface area (Å²) in [4.78, 5) is 28.2. The number of rotatable bonds is 5. The van der Waals surface area contributed by atoms with Gasteiger partial charge in [-0.05, 0) is 49.1 Å². The molecule has 2 heterocycles. The number of nitrogens with zero attached hydrogens (tertiary/aromatic N) is 5. The normalized spacial score (nSPS) is 15.0. The summed E-state index contributed by atoms with van der Waals surface area (Å²) < 4.78 is 0. The fraction of sp³-hybridized carbons (Fsp3) is 0.263. The van der Waals surface area contributed by atoms with Gasteiger partial charge in [-0.25, -0.2) is 4.98 Å². The van der Waals surface area contributed by atoms with Gasteiger partial charge in [-0.3, -0.25) is 14.9 Å². The predicted octanol–water partition coefficient (Wildman–Crippen LogP) is 2.75. The molecule has 1 aliphatic carbocycles. The molecular formula is C19H19N7O3. The maximum absolute atomic E-state index is 11.6. The summed E-state index contributed by atoms with van der Waals surface area (Å²) in [6.45, 7) is 3.15. The van der Waals surface area contributed by atoms with E-state index in [1.807, 2.05) is 18.2 Å². The second-order valence-corrected chi connectivity index (χ2v) is 6.90. The number of amides is 1. The third-order valence-corrected chi connectivity index (χ3v) is 4.84.